The molecule has 0 unspecified atom stereocenters. The van der Waals surface area contributed by atoms with Crippen molar-refractivity contribution in [2.45, 2.75) is 78.1 Å². The van der Waals surface area contributed by atoms with E-state index in [2.05, 4.69) is 6.92 Å². The Bertz CT molecular complexity index is 263. The van der Waals surface area contributed by atoms with Gasteiger partial charge in [-0.15, -0.1) is 0 Å². The summed E-state index contributed by atoms with van der Waals surface area (Å²) in [4.78, 5) is 9.77. The Morgan fingerprint density at radius 3 is 1.45 bits per heavy atom. The van der Waals surface area contributed by atoms with Crippen molar-refractivity contribution in [1.82, 2.24) is 0 Å². The third kappa shape index (κ3) is 42.8. The topological polar surface area (TPSA) is 93.1 Å². The molecule has 0 aromatic heterocycles. The SMILES string of the molecule is CCCCCCCCCCCCOOCC.O=S(=O)(O)O.[NaH]. The molecule has 8 heteroatoms. The molecular weight excluding hydrogens is 319 g/mol. The van der Waals surface area contributed by atoms with Crippen LogP contribution in [0.4, 0.5) is 0 Å². The van der Waals surface area contributed by atoms with Gasteiger partial charge in [-0.3, -0.25) is 9.11 Å². The van der Waals surface area contributed by atoms with Crippen LogP contribution in [0.5, 0.6) is 0 Å². The van der Waals surface area contributed by atoms with Gasteiger partial charge in [0.05, 0.1) is 13.2 Å². The van der Waals surface area contributed by atoms with Gasteiger partial charge in [0.2, 0.25) is 0 Å². The average molecular weight is 352 g/mol. The zero-order chi connectivity index (χ0) is 16.4. The predicted molar refractivity (Wildman–Crippen MR) is 90.7 cm³/mol. The van der Waals surface area contributed by atoms with Crippen LogP contribution in [0, 0.1) is 0 Å². The number of rotatable bonds is 13. The predicted octanol–water partition coefficient (Wildman–Crippen LogP) is 3.57. The van der Waals surface area contributed by atoms with Gasteiger partial charge in [-0.1, -0.05) is 64.7 Å². The first kappa shape index (κ1) is 27.6. The molecule has 6 nitrogen and oxygen atoms in total. The van der Waals surface area contributed by atoms with Crippen LogP contribution in [0.2, 0.25) is 0 Å². The summed E-state index contributed by atoms with van der Waals surface area (Å²) in [7, 11) is -4.67. The summed E-state index contributed by atoms with van der Waals surface area (Å²) in [5, 5.41) is 0. The summed E-state index contributed by atoms with van der Waals surface area (Å²) in [6.07, 6.45) is 13.6. The van der Waals surface area contributed by atoms with Crippen molar-refractivity contribution in [3.05, 3.63) is 0 Å². The molecule has 0 aliphatic rings. The fourth-order valence-electron chi connectivity index (χ4n) is 1.79. The van der Waals surface area contributed by atoms with Crippen LogP contribution in [0.25, 0.3) is 0 Å². The number of hydrogen-bond acceptors (Lipinski definition) is 4. The molecule has 0 amide bonds. The molecule has 0 heterocycles. The molecule has 0 aromatic rings. The summed E-state index contributed by atoms with van der Waals surface area (Å²) in [6, 6.07) is 0. The first-order chi connectivity index (χ1) is 9.91. The van der Waals surface area contributed by atoms with Crippen LogP contribution in [0.15, 0.2) is 0 Å². The normalized spacial score (nSPS) is 10.5. The van der Waals surface area contributed by atoms with Crippen molar-refractivity contribution in [1.29, 1.82) is 0 Å². The van der Waals surface area contributed by atoms with Gasteiger partial charge < -0.3 is 0 Å². The van der Waals surface area contributed by atoms with E-state index in [0.29, 0.717) is 6.61 Å². The third-order valence-electron chi connectivity index (χ3n) is 2.78. The second-order valence-corrected chi connectivity index (χ2v) is 5.75. The molecule has 132 valence electrons. The summed E-state index contributed by atoms with van der Waals surface area (Å²) in [5.41, 5.74) is 0. The zero-order valence-electron chi connectivity index (χ0n) is 13.4. The van der Waals surface area contributed by atoms with Gasteiger partial charge in [0.15, 0.2) is 0 Å². The van der Waals surface area contributed by atoms with E-state index in [1.807, 2.05) is 6.92 Å². The van der Waals surface area contributed by atoms with Crippen LogP contribution < -0.4 is 0 Å². The molecule has 0 radical (unpaired) electrons. The van der Waals surface area contributed by atoms with Gasteiger partial charge in [0.25, 0.3) is 0 Å². The zero-order valence-corrected chi connectivity index (χ0v) is 14.2. The summed E-state index contributed by atoms with van der Waals surface area (Å²) in [6.45, 7) is 5.62. The summed E-state index contributed by atoms with van der Waals surface area (Å²) >= 11 is 0. The van der Waals surface area contributed by atoms with Gasteiger partial charge in [-0.25, -0.2) is 9.78 Å². The van der Waals surface area contributed by atoms with E-state index in [4.69, 9.17) is 27.3 Å². The summed E-state index contributed by atoms with van der Waals surface area (Å²) < 4.78 is 31.6. The Balaban J connectivity index is -0.000000520. The van der Waals surface area contributed by atoms with Crippen LogP contribution in [0.1, 0.15) is 78.1 Å². The Morgan fingerprint density at radius 2 is 1.09 bits per heavy atom. The molecule has 0 bridgehead atoms. The molecule has 0 spiro atoms. The van der Waals surface area contributed by atoms with Crippen LogP contribution >= 0.6 is 0 Å². The van der Waals surface area contributed by atoms with E-state index >= 15 is 0 Å². The first-order valence-electron chi connectivity index (χ1n) is 7.86. The maximum atomic E-state index is 8.74. The van der Waals surface area contributed by atoms with Crippen molar-refractivity contribution in [3.63, 3.8) is 0 Å². The molecule has 0 aliphatic carbocycles. The third-order valence-corrected chi connectivity index (χ3v) is 2.78. The minimum atomic E-state index is -4.67. The summed E-state index contributed by atoms with van der Waals surface area (Å²) in [5.74, 6) is 0. The standard InChI is InChI=1S/C14H30O2.Na.H2O4S.H/c1-3-5-6-7-8-9-10-11-12-13-14-16-15-4-2;;1-5(2,3)4;/h3-14H2,1-2H3;;(H2,1,2,3,4);. The van der Waals surface area contributed by atoms with E-state index in [9.17, 15) is 0 Å². The Kier molecular flexibility index (Phi) is 27.4. The van der Waals surface area contributed by atoms with Crippen LogP contribution in [0.3, 0.4) is 0 Å². The van der Waals surface area contributed by atoms with Gasteiger partial charge in [-0.2, -0.15) is 8.42 Å². The van der Waals surface area contributed by atoms with Gasteiger partial charge in [-0.05, 0) is 13.3 Å². The fourth-order valence-corrected chi connectivity index (χ4v) is 1.79. The van der Waals surface area contributed by atoms with Gasteiger partial charge >= 0.3 is 40.0 Å². The molecule has 0 fully saturated rings. The molecular formula is C14H33NaO6S. The Labute approximate surface area is 158 Å². The molecule has 2 N–H and O–H groups in total. The van der Waals surface area contributed by atoms with E-state index < -0.39 is 10.4 Å². The second kappa shape index (κ2) is 21.8. The van der Waals surface area contributed by atoms with Crippen molar-refractivity contribution < 1.29 is 27.3 Å². The van der Waals surface area contributed by atoms with E-state index in [1.54, 1.807) is 0 Å². The first-order valence-corrected chi connectivity index (χ1v) is 9.25. The molecule has 0 aromatic carbocycles. The van der Waals surface area contributed by atoms with Crippen molar-refractivity contribution in [2.75, 3.05) is 13.2 Å². The monoisotopic (exact) mass is 352 g/mol. The van der Waals surface area contributed by atoms with Crippen LogP contribution in [-0.4, -0.2) is 60.3 Å². The maximum absolute atomic E-state index is 8.74. The van der Waals surface area contributed by atoms with Gasteiger partial charge in [0.1, 0.15) is 0 Å². The number of hydrogen-bond donors (Lipinski definition) is 2. The van der Waals surface area contributed by atoms with E-state index in [-0.39, 0.29) is 29.6 Å². The van der Waals surface area contributed by atoms with Gasteiger partial charge in [0, 0.05) is 0 Å². The molecule has 0 atom stereocenters. The molecule has 22 heavy (non-hydrogen) atoms. The van der Waals surface area contributed by atoms with E-state index in [1.165, 1.54) is 57.8 Å². The minimum absolute atomic E-state index is 0. The molecule has 0 saturated carbocycles. The van der Waals surface area contributed by atoms with Crippen molar-refractivity contribution in [3.8, 4) is 0 Å². The number of unbranched alkanes of at least 4 members (excludes halogenated alkanes) is 9. The fraction of sp³-hybridized carbons (Fsp3) is 1.00. The second-order valence-electron chi connectivity index (χ2n) is 4.86. The quantitative estimate of drug-likeness (QED) is 0.173. The van der Waals surface area contributed by atoms with Crippen LogP contribution in [-0.2, 0) is 20.2 Å². The molecule has 0 aliphatic heterocycles. The van der Waals surface area contributed by atoms with Crippen molar-refractivity contribution >= 4 is 40.0 Å². The Hall–Kier alpha value is 0.790. The molecule has 0 saturated heterocycles. The van der Waals surface area contributed by atoms with E-state index in [0.717, 1.165) is 13.0 Å². The molecule has 0 rings (SSSR count). The average Bonchev–Trinajstić information content (AvgIpc) is 2.38. The Morgan fingerprint density at radius 1 is 0.727 bits per heavy atom. The van der Waals surface area contributed by atoms with Crippen molar-refractivity contribution in [2.24, 2.45) is 0 Å².